The van der Waals surface area contributed by atoms with Crippen molar-refractivity contribution >= 4 is 11.8 Å². The van der Waals surface area contributed by atoms with Gasteiger partial charge in [0, 0.05) is 7.05 Å². The van der Waals surface area contributed by atoms with E-state index in [2.05, 4.69) is 6.58 Å². The zero-order chi connectivity index (χ0) is 11.0. The summed E-state index contributed by atoms with van der Waals surface area (Å²) in [6, 6.07) is 5.33. The summed E-state index contributed by atoms with van der Waals surface area (Å²) in [7, 11) is 1.50. The second kappa shape index (κ2) is 3.35. The van der Waals surface area contributed by atoms with Crippen molar-refractivity contribution in [2.45, 2.75) is 6.42 Å². The summed E-state index contributed by atoms with van der Waals surface area (Å²) in [6.07, 6.45) is 2.34. The van der Waals surface area contributed by atoms with Gasteiger partial charge in [0.25, 0.3) is 11.8 Å². The van der Waals surface area contributed by atoms with Crippen LogP contribution in [0.4, 0.5) is 0 Å². The Balaban J connectivity index is 2.63. The Hall–Kier alpha value is -1.90. The molecular weight excluding hydrogens is 190 g/mol. The molecule has 2 rings (SSSR count). The standard InChI is InChI=1S/C12H11NO2/c1-3-5-8-6-4-7-9-10(8)12(15)13(2)11(9)14/h3-4,6-7H,1,5H2,2H3. The molecule has 0 bridgehead atoms. The first-order chi connectivity index (χ1) is 7.16. The Morgan fingerprint density at radius 1 is 1.33 bits per heavy atom. The molecule has 0 atom stereocenters. The highest BCUT2D eigenvalue weighted by molar-refractivity contribution is 6.21. The molecule has 0 saturated carbocycles. The van der Waals surface area contributed by atoms with Crippen molar-refractivity contribution in [3.63, 3.8) is 0 Å². The van der Waals surface area contributed by atoms with E-state index in [0.29, 0.717) is 17.5 Å². The zero-order valence-electron chi connectivity index (χ0n) is 8.49. The molecule has 0 spiro atoms. The maximum atomic E-state index is 11.8. The van der Waals surface area contributed by atoms with Crippen LogP contribution in [-0.4, -0.2) is 23.8 Å². The lowest BCUT2D eigenvalue weighted by atomic mass is 10.0. The van der Waals surface area contributed by atoms with Crippen LogP contribution in [0, 0.1) is 0 Å². The smallest absolute Gasteiger partial charge is 0.261 e. The number of hydrogen-bond donors (Lipinski definition) is 0. The quantitative estimate of drug-likeness (QED) is 0.539. The summed E-state index contributed by atoms with van der Waals surface area (Å²) < 4.78 is 0. The van der Waals surface area contributed by atoms with Crippen LogP contribution >= 0.6 is 0 Å². The van der Waals surface area contributed by atoms with Crippen molar-refractivity contribution in [1.29, 1.82) is 0 Å². The largest absolute Gasteiger partial charge is 0.277 e. The lowest BCUT2D eigenvalue weighted by Gasteiger charge is -2.04. The Morgan fingerprint density at radius 3 is 2.73 bits per heavy atom. The van der Waals surface area contributed by atoms with Crippen LogP contribution in [0.1, 0.15) is 26.3 Å². The molecule has 1 aromatic rings. The van der Waals surface area contributed by atoms with Gasteiger partial charge in [-0.1, -0.05) is 18.2 Å². The Bertz CT molecular complexity index is 463. The second-order valence-corrected chi connectivity index (χ2v) is 3.50. The van der Waals surface area contributed by atoms with Gasteiger partial charge in [0.05, 0.1) is 11.1 Å². The topological polar surface area (TPSA) is 37.4 Å². The van der Waals surface area contributed by atoms with Crippen molar-refractivity contribution < 1.29 is 9.59 Å². The van der Waals surface area contributed by atoms with E-state index in [-0.39, 0.29) is 11.8 Å². The maximum Gasteiger partial charge on any atom is 0.261 e. The Morgan fingerprint density at radius 2 is 2.07 bits per heavy atom. The summed E-state index contributed by atoms with van der Waals surface area (Å²) in [4.78, 5) is 24.6. The minimum absolute atomic E-state index is 0.215. The van der Waals surface area contributed by atoms with Gasteiger partial charge in [-0.25, -0.2) is 0 Å². The van der Waals surface area contributed by atoms with Gasteiger partial charge in [-0.3, -0.25) is 14.5 Å². The molecule has 0 N–H and O–H groups in total. The fourth-order valence-electron chi connectivity index (χ4n) is 1.80. The van der Waals surface area contributed by atoms with Crippen molar-refractivity contribution in [2.75, 3.05) is 7.05 Å². The molecule has 0 aliphatic carbocycles. The molecule has 76 valence electrons. The maximum absolute atomic E-state index is 11.8. The highest BCUT2D eigenvalue weighted by Crippen LogP contribution is 2.25. The molecule has 0 fully saturated rings. The molecule has 15 heavy (non-hydrogen) atoms. The second-order valence-electron chi connectivity index (χ2n) is 3.50. The normalized spacial score (nSPS) is 14.3. The molecule has 3 heteroatoms. The number of allylic oxidation sites excluding steroid dienone is 1. The van der Waals surface area contributed by atoms with Crippen LogP contribution in [0.3, 0.4) is 0 Å². The predicted octanol–water partition coefficient (Wildman–Crippen LogP) is 1.64. The molecule has 1 aliphatic rings. The molecular formula is C12H11NO2. The number of carbonyl (C=O) groups excluding carboxylic acids is 2. The van der Waals surface area contributed by atoms with Gasteiger partial charge in [0.1, 0.15) is 0 Å². The summed E-state index contributed by atoms with van der Waals surface area (Å²) >= 11 is 0. The Kier molecular flexibility index (Phi) is 2.15. The Labute approximate surface area is 88.0 Å². The number of rotatable bonds is 2. The molecule has 2 amide bonds. The molecule has 1 aromatic carbocycles. The van der Waals surface area contributed by atoms with Gasteiger partial charge < -0.3 is 0 Å². The van der Waals surface area contributed by atoms with Gasteiger partial charge in [0.15, 0.2) is 0 Å². The number of hydrogen-bond acceptors (Lipinski definition) is 2. The number of amides is 2. The van der Waals surface area contributed by atoms with E-state index in [1.54, 1.807) is 18.2 Å². The van der Waals surface area contributed by atoms with Gasteiger partial charge in [0.2, 0.25) is 0 Å². The van der Waals surface area contributed by atoms with Crippen LogP contribution in [0.25, 0.3) is 0 Å². The number of nitrogens with zero attached hydrogens (tertiary/aromatic N) is 1. The van der Waals surface area contributed by atoms with Gasteiger partial charge >= 0.3 is 0 Å². The lowest BCUT2D eigenvalue weighted by molar-refractivity contribution is 0.0693. The predicted molar refractivity (Wildman–Crippen MR) is 56.8 cm³/mol. The van der Waals surface area contributed by atoms with E-state index in [4.69, 9.17) is 0 Å². The van der Waals surface area contributed by atoms with E-state index in [1.807, 2.05) is 6.07 Å². The van der Waals surface area contributed by atoms with Crippen molar-refractivity contribution in [3.05, 3.63) is 47.5 Å². The zero-order valence-corrected chi connectivity index (χ0v) is 8.49. The fourth-order valence-corrected chi connectivity index (χ4v) is 1.80. The molecule has 0 unspecified atom stereocenters. The van der Waals surface area contributed by atoms with Gasteiger partial charge in [-0.15, -0.1) is 6.58 Å². The van der Waals surface area contributed by atoms with Gasteiger partial charge in [-0.2, -0.15) is 0 Å². The lowest BCUT2D eigenvalue weighted by Crippen LogP contribution is -2.24. The number of imide groups is 1. The van der Waals surface area contributed by atoms with Crippen LogP contribution < -0.4 is 0 Å². The first-order valence-electron chi connectivity index (χ1n) is 4.72. The minimum Gasteiger partial charge on any atom is -0.277 e. The van der Waals surface area contributed by atoms with E-state index in [9.17, 15) is 9.59 Å². The fraction of sp³-hybridized carbons (Fsp3) is 0.167. The SMILES string of the molecule is C=CCc1cccc2c1C(=O)N(C)C2=O. The summed E-state index contributed by atoms with van der Waals surface area (Å²) in [5.41, 5.74) is 1.90. The van der Waals surface area contributed by atoms with Crippen LogP contribution in [0.15, 0.2) is 30.9 Å². The summed E-state index contributed by atoms with van der Waals surface area (Å²) in [5, 5.41) is 0. The van der Waals surface area contributed by atoms with Gasteiger partial charge in [-0.05, 0) is 18.1 Å². The van der Waals surface area contributed by atoms with Crippen molar-refractivity contribution in [1.82, 2.24) is 4.90 Å². The molecule has 1 heterocycles. The third-order valence-corrected chi connectivity index (χ3v) is 2.57. The van der Waals surface area contributed by atoms with Crippen molar-refractivity contribution in [3.8, 4) is 0 Å². The average Bonchev–Trinajstić information content (AvgIpc) is 2.46. The minimum atomic E-state index is -0.221. The third-order valence-electron chi connectivity index (χ3n) is 2.57. The number of benzene rings is 1. The highest BCUT2D eigenvalue weighted by Gasteiger charge is 2.34. The summed E-state index contributed by atoms with van der Waals surface area (Å²) in [5.74, 6) is -0.437. The third kappa shape index (κ3) is 1.28. The highest BCUT2D eigenvalue weighted by atomic mass is 16.2. The molecule has 0 aromatic heterocycles. The first kappa shape index (κ1) is 9.65. The van der Waals surface area contributed by atoms with Crippen LogP contribution in [-0.2, 0) is 6.42 Å². The van der Waals surface area contributed by atoms with Crippen LogP contribution in [0.2, 0.25) is 0 Å². The average molecular weight is 201 g/mol. The molecule has 3 nitrogen and oxygen atoms in total. The number of fused-ring (bicyclic) bond motifs is 1. The van der Waals surface area contributed by atoms with E-state index in [1.165, 1.54) is 7.05 Å². The summed E-state index contributed by atoms with van der Waals surface area (Å²) in [6.45, 7) is 3.63. The number of carbonyl (C=O) groups is 2. The van der Waals surface area contributed by atoms with Crippen LogP contribution in [0.5, 0.6) is 0 Å². The van der Waals surface area contributed by atoms with E-state index in [0.717, 1.165) is 10.5 Å². The van der Waals surface area contributed by atoms with E-state index < -0.39 is 0 Å². The molecule has 0 radical (unpaired) electrons. The van der Waals surface area contributed by atoms with Crippen molar-refractivity contribution in [2.24, 2.45) is 0 Å². The van der Waals surface area contributed by atoms with E-state index >= 15 is 0 Å². The molecule has 1 aliphatic heterocycles. The molecule has 0 saturated heterocycles. The monoisotopic (exact) mass is 201 g/mol. The first-order valence-corrected chi connectivity index (χ1v) is 4.72.